The summed E-state index contributed by atoms with van der Waals surface area (Å²) in [6.45, 7) is 1.85. The van der Waals surface area contributed by atoms with Crippen LogP contribution in [0.3, 0.4) is 0 Å². The van der Waals surface area contributed by atoms with Crippen molar-refractivity contribution in [3.8, 4) is 11.5 Å². The van der Waals surface area contributed by atoms with E-state index in [9.17, 15) is 15.0 Å². The van der Waals surface area contributed by atoms with E-state index in [1.807, 2.05) is 31.2 Å². The molecule has 1 saturated carbocycles. The van der Waals surface area contributed by atoms with Gasteiger partial charge in [0, 0.05) is 6.42 Å². The molecule has 0 unspecified atom stereocenters. The van der Waals surface area contributed by atoms with Crippen LogP contribution in [0.25, 0.3) is 0 Å². The molecule has 138 valence electrons. The summed E-state index contributed by atoms with van der Waals surface area (Å²) in [6, 6.07) is 12.8. The third-order valence-corrected chi connectivity index (χ3v) is 5.22. The molecule has 1 aliphatic carbocycles. The van der Waals surface area contributed by atoms with Gasteiger partial charge in [-0.2, -0.15) is 0 Å². The maximum absolute atomic E-state index is 12.1. The Morgan fingerprint density at radius 2 is 1.73 bits per heavy atom. The van der Waals surface area contributed by atoms with Crippen molar-refractivity contribution < 1.29 is 19.7 Å². The van der Waals surface area contributed by atoms with Crippen LogP contribution >= 0.6 is 0 Å². The van der Waals surface area contributed by atoms with E-state index in [0.717, 1.165) is 36.8 Å². The molecule has 0 spiro atoms. The SMILES string of the molecule is Cc1cc(CCC(=O)O[C@H]2CC[C@H](c3ccc(O)cc3)CC2)ccc1O. The second kappa shape index (κ2) is 8.26. The number of ether oxygens (including phenoxy) is 1. The Kier molecular flexibility index (Phi) is 5.82. The molecule has 0 aromatic heterocycles. The van der Waals surface area contributed by atoms with E-state index in [1.54, 1.807) is 18.2 Å². The van der Waals surface area contributed by atoms with Gasteiger partial charge in [-0.15, -0.1) is 0 Å². The molecule has 0 bridgehead atoms. The lowest BCUT2D eigenvalue weighted by molar-refractivity contribution is -0.150. The van der Waals surface area contributed by atoms with Gasteiger partial charge in [-0.25, -0.2) is 0 Å². The maximum atomic E-state index is 12.1. The number of carbonyl (C=O) groups excluding carboxylic acids is 1. The molecule has 1 aliphatic rings. The summed E-state index contributed by atoms with van der Waals surface area (Å²) in [5, 5.41) is 18.9. The first kappa shape index (κ1) is 18.3. The van der Waals surface area contributed by atoms with Gasteiger partial charge in [-0.1, -0.05) is 24.3 Å². The predicted octanol–water partition coefficient (Wildman–Crippen LogP) is 4.61. The van der Waals surface area contributed by atoms with E-state index in [1.165, 1.54) is 5.56 Å². The smallest absolute Gasteiger partial charge is 0.306 e. The number of esters is 1. The number of phenolic OH excluding ortho intramolecular Hbond substituents is 2. The van der Waals surface area contributed by atoms with Gasteiger partial charge >= 0.3 is 5.97 Å². The number of carbonyl (C=O) groups is 1. The lowest BCUT2D eigenvalue weighted by Crippen LogP contribution is -2.24. The Bertz CT molecular complexity index is 743. The second-order valence-electron chi connectivity index (χ2n) is 7.18. The van der Waals surface area contributed by atoms with Crippen molar-refractivity contribution in [2.24, 2.45) is 0 Å². The summed E-state index contributed by atoms with van der Waals surface area (Å²) in [6.07, 6.45) is 4.77. The Balaban J connectivity index is 1.43. The Morgan fingerprint density at radius 3 is 2.38 bits per heavy atom. The van der Waals surface area contributed by atoms with Crippen LogP contribution in [0.2, 0.25) is 0 Å². The molecular formula is C22H26O4. The summed E-state index contributed by atoms with van der Waals surface area (Å²) in [5.41, 5.74) is 3.10. The fraction of sp³-hybridized carbons (Fsp3) is 0.409. The number of aryl methyl sites for hydroxylation is 2. The second-order valence-corrected chi connectivity index (χ2v) is 7.18. The topological polar surface area (TPSA) is 66.8 Å². The van der Waals surface area contributed by atoms with Crippen molar-refractivity contribution >= 4 is 5.97 Å². The molecule has 4 heteroatoms. The van der Waals surface area contributed by atoms with Crippen LogP contribution in [0.1, 0.15) is 54.7 Å². The summed E-state index contributed by atoms with van der Waals surface area (Å²) in [7, 11) is 0. The van der Waals surface area contributed by atoms with Gasteiger partial charge in [0.15, 0.2) is 0 Å². The van der Waals surface area contributed by atoms with Crippen molar-refractivity contribution in [1.29, 1.82) is 0 Å². The van der Waals surface area contributed by atoms with Crippen LogP contribution in [-0.4, -0.2) is 22.3 Å². The van der Waals surface area contributed by atoms with E-state index >= 15 is 0 Å². The van der Waals surface area contributed by atoms with Gasteiger partial charge in [0.2, 0.25) is 0 Å². The lowest BCUT2D eigenvalue weighted by Gasteiger charge is -2.28. The highest BCUT2D eigenvalue weighted by Gasteiger charge is 2.24. The first-order chi connectivity index (χ1) is 12.5. The monoisotopic (exact) mass is 354 g/mol. The lowest BCUT2D eigenvalue weighted by atomic mass is 9.83. The maximum Gasteiger partial charge on any atom is 0.306 e. The average Bonchev–Trinajstić information content (AvgIpc) is 2.64. The van der Waals surface area contributed by atoms with Gasteiger partial charge in [0.25, 0.3) is 0 Å². The molecule has 3 rings (SSSR count). The van der Waals surface area contributed by atoms with Crippen molar-refractivity contribution in [2.75, 3.05) is 0 Å². The largest absolute Gasteiger partial charge is 0.508 e. The average molecular weight is 354 g/mol. The van der Waals surface area contributed by atoms with E-state index in [0.29, 0.717) is 24.5 Å². The molecule has 1 fully saturated rings. The zero-order chi connectivity index (χ0) is 18.5. The molecular weight excluding hydrogens is 328 g/mol. The molecule has 0 heterocycles. The molecule has 2 aromatic rings. The first-order valence-corrected chi connectivity index (χ1v) is 9.28. The highest BCUT2D eigenvalue weighted by atomic mass is 16.5. The molecule has 4 nitrogen and oxygen atoms in total. The number of rotatable bonds is 5. The number of phenols is 2. The minimum atomic E-state index is -0.149. The van der Waals surface area contributed by atoms with E-state index < -0.39 is 0 Å². The van der Waals surface area contributed by atoms with Gasteiger partial charge < -0.3 is 14.9 Å². The predicted molar refractivity (Wildman–Crippen MR) is 100 cm³/mol. The van der Waals surface area contributed by atoms with Crippen LogP contribution < -0.4 is 0 Å². The molecule has 0 atom stereocenters. The van der Waals surface area contributed by atoms with Gasteiger partial charge in [0.05, 0.1) is 0 Å². The molecule has 0 amide bonds. The standard InChI is InChI=1S/C22H26O4/c1-15-14-16(2-12-21(15)24)3-13-22(25)26-20-10-6-18(7-11-20)17-4-8-19(23)9-5-17/h2,4-5,8-9,12,14,18,20,23-24H,3,6-7,10-11,13H2,1H3/t18-,20-. The summed E-state index contributed by atoms with van der Waals surface area (Å²) >= 11 is 0. The van der Waals surface area contributed by atoms with Gasteiger partial charge in [-0.3, -0.25) is 4.79 Å². The normalized spacial score (nSPS) is 19.9. The minimum Gasteiger partial charge on any atom is -0.508 e. The van der Waals surface area contributed by atoms with Crippen molar-refractivity contribution in [1.82, 2.24) is 0 Å². The van der Waals surface area contributed by atoms with E-state index in [-0.39, 0.29) is 17.8 Å². The summed E-state index contributed by atoms with van der Waals surface area (Å²) < 4.78 is 5.64. The Hall–Kier alpha value is -2.49. The third-order valence-electron chi connectivity index (χ3n) is 5.22. The van der Waals surface area contributed by atoms with Gasteiger partial charge in [-0.05, 0) is 79.8 Å². The quantitative estimate of drug-likeness (QED) is 0.770. The van der Waals surface area contributed by atoms with Crippen LogP contribution in [0.5, 0.6) is 11.5 Å². The van der Waals surface area contributed by atoms with E-state index in [4.69, 9.17) is 4.74 Å². The molecule has 2 N–H and O–H groups in total. The zero-order valence-electron chi connectivity index (χ0n) is 15.1. The number of hydrogen-bond donors (Lipinski definition) is 2. The van der Waals surface area contributed by atoms with Crippen LogP contribution in [-0.2, 0) is 16.0 Å². The molecule has 0 aliphatic heterocycles. The number of aromatic hydroxyl groups is 2. The number of hydrogen-bond acceptors (Lipinski definition) is 4. The number of benzene rings is 2. The zero-order valence-corrected chi connectivity index (χ0v) is 15.1. The highest BCUT2D eigenvalue weighted by molar-refractivity contribution is 5.70. The fourth-order valence-corrected chi connectivity index (χ4v) is 3.62. The highest BCUT2D eigenvalue weighted by Crippen LogP contribution is 2.34. The Labute approximate surface area is 154 Å². The molecule has 26 heavy (non-hydrogen) atoms. The van der Waals surface area contributed by atoms with Crippen LogP contribution in [0, 0.1) is 6.92 Å². The first-order valence-electron chi connectivity index (χ1n) is 9.28. The van der Waals surface area contributed by atoms with Crippen molar-refractivity contribution in [3.63, 3.8) is 0 Å². The fourth-order valence-electron chi connectivity index (χ4n) is 3.62. The van der Waals surface area contributed by atoms with Crippen molar-refractivity contribution in [2.45, 2.75) is 57.5 Å². The van der Waals surface area contributed by atoms with Gasteiger partial charge in [0.1, 0.15) is 17.6 Å². The molecule has 0 saturated heterocycles. The minimum absolute atomic E-state index is 0.0115. The molecule has 2 aromatic carbocycles. The molecule has 0 radical (unpaired) electrons. The van der Waals surface area contributed by atoms with Crippen molar-refractivity contribution in [3.05, 3.63) is 59.2 Å². The summed E-state index contributed by atoms with van der Waals surface area (Å²) in [4.78, 5) is 12.1. The van der Waals surface area contributed by atoms with Crippen LogP contribution in [0.15, 0.2) is 42.5 Å². The summed E-state index contributed by atoms with van der Waals surface area (Å²) in [5.74, 6) is 0.899. The van der Waals surface area contributed by atoms with Crippen LogP contribution in [0.4, 0.5) is 0 Å². The Morgan fingerprint density at radius 1 is 1.04 bits per heavy atom. The third kappa shape index (κ3) is 4.78. The van der Waals surface area contributed by atoms with E-state index in [2.05, 4.69) is 0 Å².